The minimum absolute atomic E-state index is 0.279. The molecule has 7 nitrogen and oxygen atoms in total. The van der Waals surface area contributed by atoms with Gasteiger partial charge in [0.15, 0.2) is 5.96 Å². The average Bonchev–Trinajstić information content (AvgIpc) is 2.66. The van der Waals surface area contributed by atoms with Crippen LogP contribution in [0.25, 0.3) is 0 Å². The summed E-state index contributed by atoms with van der Waals surface area (Å²) in [4.78, 5) is 15.9. The molecule has 0 fully saturated rings. The fourth-order valence-electron chi connectivity index (χ4n) is 2.15. The van der Waals surface area contributed by atoms with Crippen LogP contribution >= 0.6 is 0 Å². The highest BCUT2D eigenvalue weighted by Gasteiger charge is 2.12. The highest BCUT2D eigenvalue weighted by Crippen LogP contribution is 2.21. The van der Waals surface area contributed by atoms with Crippen LogP contribution in [0.5, 0.6) is 11.5 Å². The Morgan fingerprint density at radius 1 is 1.08 bits per heavy atom. The number of carbonyl (C=O) groups excluding carboxylic acids is 1. The van der Waals surface area contributed by atoms with E-state index >= 15 is 0 Å². The van der Waals surface area contributed by atoms with Crippen molar-refractivity contribution in [3.05, 3.63) is 53.6 Å². The fourth-order valence-corrected chi connectivity index (χ4v) is 2.15. The number of hydrogen-bond donors (Lipinski definition) is 2. The second-order valence-electron chi connectivity index (χ2n) is 5.08. The molecule has 0 radical (unpaired) electrons. The normalized spacial score (nSPS) is 10.9. The summed E-state index contributed by atoms with van der Waals surface area (Å²) < 4.78 is 15.0. The van der Waals surface area contributed by atoms with Crippen molar-refractivity contribution in [3.63, 3.8) is 0 Å². The number of methoxy groups -OCH3 is 3. The standard InChI is InChI=1S/C18H21N3O4/c1-23-14-7-5-13(6-8-14)21-18(19)20-11-12-4-9-15(17(22)25-3)16(10-12)24-2/h4-10H,11H2,1-3H3,(H3,19,20,21). The molecule has 0 bridgehead atoms. The van der Waals surface area contributed by atoms with Gasteiger partial charge in [0.1, 0.15) is 17.1 Å². The number of nitrogens with two attached hydrogens (primary N) is 1. The molecule has 0 spiro atoms. The number of carbonyl (C=O) groups is 1. The highest BCUT2D eigenvalue weighted by molar-refractivity contribution is 5.93. The van der Waals surface area contributed by atoms with Gasteiger partial charge < -0.3 is 25.3 Å². The van der Waals surface area contributed by atoms with Crippen molar-refractivity contribution < 1.29 is 19.0 Å². The van der Waals surface area contributed by atoms with Crippen LogP contribution in [-0.2, 0) is 11.3 Å². The number of anilines is 1. The van der Waals surface area contributed by atoms with Crippen molar-refractivity contribution in [2.24, 2.45) is 10.7 Å². The largest absolute Gasteiger partial charge is 0.497 e. The quantitative estimate of drug-likeness (QED) is 0.475. The number of hydrogen-bond acceptors (Lipinski definition) is 5. The van der Waals surface area contributed by atoms with Crippen molar-refractivity contribution in [3.8, 4) is 11.5 Å². The van der Waals surface area contributed by atoms with Crippen molar-refractivity contribution in [2.45, 2.75) is 6.54 Å². The first kappa shape index (κ1) is 18.1. The van der Waals surface area contributed by atoms with Gasteiger partial charge in [0, 0.05) is 5.69 Å². The van der Waals surface area contributed by atoms with E-state index < -0.39 is 5.97 Å². The molecule has 2 aromatic carbocycles. The van der Waals surface area contributed by atoms with Crippen LogP contribution < -0.4 is 20.5 Å². The number of aliphatic imine (C=N–C) groups is 1. The third-order valence-corrected chi connectivity index (χ3v) is 3.47. The van der Waals surface area contributed by atoms with Gasteiger partial charge in [-0.2, -0.15) is 0 Å². The first-order valence-electron chi connectivity index (χ1n) is 7.53. The number of benzene rings is 2. The lowest BCUT2D eigenvalue weighted by Crippen LogP contribution is -2.22. The van der Waals surface area contributed by atoms with E-state index in [1.165, 1.54) is 14.2 Å². The third-order valence-electron chi connectivity index (χ3n) is 3.47. The smallest absolute Gasteiger partial charge is 0.341 e. The summed E-state index contributed by atoms with van der Waals surface area (Å²) in [5.41, 5.74) is 7.92. The zero-order valence-corrected chi connectivity index (χ0v) is 14.4. The van der Waals surface area contributed by atoms with Gasteiger partial charge in [0.05, 0.1) is 27.9 Å². The fraction of sp³-hybridized carbons (Fsp3) is 0.222. The maximum atomic E-state index is 11.7. The van der Waals surface area contributed by atoms with Gasteiger partial charge in [-0.05, 0) is 42.0 Å². The lowest BCUT2D eigenvalue weighted by molar-refractivity contribution is 0.0597. The van der Waals surface area contributed by atoms with Gasteiger partial charge in [-0.15, -0.1) is 0 Å². The second-order valence-corrected chi connectivity index (χ2v) is 5.08. The Morgan fingerprint density at radius 3 is 2.40 bits per heavy atom. The van der Waals surface area contributed by atoms with Crippen LogP contribution in [-0.4, -0.2) is 33.3 Å². The molecule has 7 heteroatoms. The zero-order valence-electron chi connectivity index (χ0n) is 14.4. The summed E-state index contributed by atoms with van der Waals surface area (Å²) in [6, 6.07) is 12.5. The van der Waals surface area contributed by atoms with E-state index in [0.717, 1.165) is 17.0 Å². The molecule has 3 N–H and O–H groups in total. The molecule has 25 heavy (non-hydrogen) atoms. The topological polar surface area (TPSA) is 95.2 Å². The molecule has 0 saturated heterocycles. The monoisotopic (exact) mass is 343 g/mol. The minimum atomic E-state index is -0.451. The maximum absolute atomic E-state index is 11.7. The molecule has 0 saturated carbocycles. The molecule has 2 rings (SSSR count). The van der Waals surface area contributed by atoms with E-state index in [9.17, 15) is 4.79 Å². The summed E-state index contributed by atoms with van der Waals surface area (Å²) >= 11 is 0. The molecular weight excluding hydrogens is 322 g/mol. The van der Waals surface area contributed by atoms with Gasteiger partial charge in [0.2, 0.25) is 0 Å². The molecule has 0 atom stereocenters. The molecule has 0 unspecified atom stereocenters. The SMILES string of the molecule is COC(=O)c1ccc(CN=C(N)Nc2ccc(OC)cc2)cc1OC. The summed E-state index contributed by atoms with van der Waals surface area (Å²) in [5.74, 6) is 1.02. The van der Waals surface area contributed by atoms with Crippen LogP contribution in [0.1, 0.15) is 15.9 Å². The third kappa shape index (κ3) is 4.87. The van der Waals surface area contributed by atoms with E-state index in [-0.39, 0.29) is 5.96 Å². The van der Waals surface area contributed by atoms with Crippen LogP contribution in [0.2, 0.25) is 0 Å². The lowest BCUT2D eigenvalue weighted by atomic mass is 10.1. The Morgan fingerprint density at radius 2 is 1.80 bits per heavy atom. The molecule has 2 aromatic rings. The number of nitrogens with one attached hydrogen (secondary N) is 1. The zero-order chi connectivity index (χ0) is 18.2. The lowest BCUT2D eigenvalue weighted by Gasteiger charge is -2.09. The molecule has 0 amide bonds. The van der Waals surface area contributed by atoms with E-state index in [1.807, 2.05) is 24.3 Å². The molecule has 0 aromatic heterocycles. The first-order valence-corrected chi connectivity index (χ1v) is 7.53. The molecule has 0 aliphatic rings. The van der Waals surface area contributed by atoms with Crippen LogP contribution in [0.4, 0.5) is 5.69 Å². The predicted molar refractivity (Wildman–Crippen MR) is 96.3 cm³/mol. The Hall–Kier alpha value is -3.22. The molecule has 0 heterocycles. The van der Waals surface area contributed by atoms with Crippen LogP contribution in [0.15, 0.2) is 47.5 Å². The van der Waals surface area contributed by atoms with Gasteiger partial charge in [-0.3, -0.25) is 0 Å². The van der Waals surface area contributed by atoms with Crippen LogP contribution in [0.3, 0.4) is 0 Å². The number of esters is 1. The van der Waals surface area contributed by atoms with E-state index in [2.05, 4.69) is 10.3 Å². The molecule has 0 aliphatic heterocycles. The van der Waals surface area contributed by atoms with Gasteiger partial charge in [0.25, 0.3) is 0 Å². The molecule has 132 valence electrons. The van der Waals surface area contributed by atoms with Crippen molar-refractivity contribution in [2.75, 3.05) is 26.6 Å². The minimum Gasteiger partial charge on any atom is -0.497 e. The van der Waals surface area contributed by atoms with E-state index in [1.54, 1.807) is 25.3 Å². The highest BCUT2D eigenvalue weighted by atomic mass is 16.5. The number of nitrogens with zero attached hydrogens (tertiary/aromatic N) is 1. The van der Waals surface area contributed by atoms with Crippen molar-refractivity contribution in [1.82, 2.24) is 0 Å². The second kappa shape index (κ2) is 8.58. The van der Waals surface area contributed by atoms with Gasteiger partial charge in [-0.1, -0.05) is 6.07 Å². The number of rotatable bonds is 6. The Kier molecular flexibility index (Phi) is 6.22. The predicted octanol–water partition coefficient (Wildman–Crippen LogP) is 2.42. The summed E-state index contributed by atoms with van der Waals surface area (Å²) in [7, 11) is 4.43. The van der Waals surface area contributed by atoms with Crippen molar-refractivity contribution in [1.29, 1.82) is 0 Å². The Bertz CT molecular complexity index is 757. The number of ether oxygens (including phenoxy) is 3. The van der Waals surface area contributed by atoms with E-state index in [0.29, 0.717) is 17.9 Å². The molecule has 0 aliphatic carbocycles. The van der Waals surface area contributed by atoms with Crippen molar-refractivity contribution >= 4 is 17.6 Å². The first-order chi connectivity index (χ1) is 12.1. The van der Waals surface area contributed by atoms with Gasteiger partial charge >= 0.3 is 5.97 Å². The maximum Gasteiger partial charge on any atom is 0.341 e. The number of guanidine groups is 1. The van der Waals surface area contributed by atoms with Gasteiger partial charge in [-0.25, -0.2) is 9.79 Å². The van der Waals surface area contributed by atoms with E-state index in [4.69, 9.17) is 19.9 Å². The Balaban J connectivity index is 2.05. The Labute approximate surface area is 146 Å². The summed E-state index contributed by atoms with van der Waals surface area (Å²) in [6.07, 6.45) is 0. The summed E-state index contributed by atoms with van der Waals surface area (Å²) in [6.45, 7) is 0.340. The molecular formula is C18H21N3O4. The van der Waals surface area contributed by atoms with Crippen LogP contribution in [0, 0.1) is 0 Å². The average molecular weight is 343 g/mol. The summed E-state index contributed by atoms with van der Waals surface area (Å²) in [5, 5.41) is 3.00.